The first kappa shape index (κ1) is 23.9. The van der Waals surface area contributed by atoms with Crippen LogP contribution in [0.1, 0.15) is 22.3 Å². The van der Waals surface area contributed by atoms with Crippen molar-refractivity contribution in [2.45, 2.75) is 5.41 Å². The van der Waals surface area contributed by atoms with Gasteiger partial charge in [-0.05, 0) is 92.0 Å². The van der Waals surface area contributed by atoms with Gasteiger partial charge in [0.05, 0.1) is 5.41 Å². The number of thiophene rings is 1. The summed E-state index contributed by atoms with van der Waals surface area (Å²) in [6.45, 7) is 0. The van der Waals surface area contributed by atoms with Crippen LogP contribution in [0.2, 0.25) is 0 Å². The lowest BCUT2D eigenvalue weighted by Crippen LogP contribution is -2.25. The maximum absolute atomic E-state index is 6.76. The predicted molar refractivity (Wildman–Crippen MR) is 188 cm³/mol. The molecule has 0 N–H and O–H groups in total. The quantitative estimate of drug-likeness (QED) is 0.186. The molecule has 0 saturated carbocycles. The molecule has 2 heteroatoms. The van der Waals surface area contributed by atoms with Crippen molar-refractivity contribution in [3.8, 4) is 33.4 Å². The Kier molecular flexibility index (Phi) is 4.46. The van der Waals surface area contributed by atoms with Crippen LogP contribution in [0.5, 0.6) is 0 Å². The number of benzene rings is 7. The molecule has 1 spiro atoms. The van der Waals surface area contributed by atoms with Gasteiger partial charge < -0.3 is 4.42 Å². The van der Waals surface area contributed by atoms with E-state index in [0.717, 1.165) is 11.2 Å². The van der Waals surface area contributed by atoms with E-state index in [-0.39, 0.29) is 5.41 Å². The van der Waals surface area contributed by atoms with Crippen LogP contribution in [0.25, 0.3) is 75.5 Å². The van der Waals surface area contributed by atoms with E-state index in [9.17, 15) is 0 Å². The van der Waals surface area contributed by atoms with Gasteiger partial charge in [-0.1, -0.05) is 109 Å². The summed E-state index contributed by atoms with van der Waals surface area (Å²) in [5.74, 6) is 0. The monoisotopic (exact) mass is 588 g/mol. The molecular formula is C43H24OS. The highest BCUT2D eigenvalue weighted by Gasteiger charge is 2.51. The van der Waals surface area contributed by atoms with Gasteiger partial charge in [0, 0.05) is 30.9 Å². The fourth-order valence-corrected chi connectivity index (χ4v) is 9.63. The van der Waals surface area contributed by atoms with E-state index >= 15 is 0 Å². The van der Waals surface area contributed by atoms with Gasteiger partial charge in [0.2, 0.25) is 0 Å². The molecule has 0 fully saturated rings. The Bertz CT molecular complexity index is 2670. The molecule has 0 unspecified atom stereocenters. The largest absolute Gasteiger partial charge is 0.456 e. The summed E-state index contributed by atoms with van der Waals surface area (Å²) in [7, 11) is 0. The molecule has 1 nitrogen and oxygen atoms in total. The fourth-order valence-electron chi connectivity index (χ4n) is 8.54. The maximum Gasteiger partial charge on any atom is 0.136 e. The first-order valence-corrected chi connectivity index (χ1v) is 16.3. The Morgan fingerprint density at radius 1 is 0.400 bits per heavy atom. The minimum Gasteiger partial charge on any atom is -0.456 e. The van der Waals surface area contributed by atoms with E-state index in [1.165, 1.54) is 86.6 Å². The molecule has 208 valence electrons. The maximum atomic E-state index is 6.76. The molecule has 0 bridgehead atoms. The predicted octanol–water partition coefficient (Wildman–Crippen LogP) is 12.0. The highest BCUT2D eigenvalue weighted by atomic mass is 32.1. The van der Waals surface area contributed by atoms with Crippen LogP contribution in [0.4, 0.5) is 0 Å². The Morgan fingerprint density at radius 3 is 1.78 bits per heavy atom. The number of furan rings is 1. The van der Waals surface area contributed by atoms with E-state index in [2.05, 4.69) is 146 Å². The van der Waals surface area contributed by atoms with E-state index < -0.39 is 0 Å². The lowest BCUT2D eigenvalue weighted by Gasteiger charge is -2.30. The summed E-state index contributed by atoms with van der Waals surface area (Å²) in [6, 6.07) is 53.8. The van der Waals surface area contributed by atoms with Crippen molar-refractivity contribution >= 4 is 53.4 Å². The van der Waals surface area contributed by atoms with Crippen LogP contribution in [0.3, 0.4) is 0 Å². The van der Waals surface area contributed by atoms with Gasteiger partial charge in [-0.3, -0.25) is 0 Å². The number of hydrogen-bond donors (Lipinski definition) is 0. The number of fused-ring (bicyclic) bond motifs is 16. The Labute approximate surface area is 263 Å². The third kappa shape index (κ3) is 2.89. The molecule has 0 atom stereocenters. The zero-order valence-corrected chi connectivity index (χ0v) is 25.0. The minimum absolute atomic E-state index is 0.375. The first-order chi connectivity index (χ1) is 22.3. The van der Waals surface area contributed by atoms with Crippen molar-refractivity contribution in [1.82, 2.24) is 0 Å². The molecule has 9 aromatic rings. The smallest absolute Gasteiger partial charge is 0.136 e. The van der Waals surface area contributed by atoms with Crippen LogP contribution in [0, 0.1) is 0 Å². The van der Waals surface area contributed by atoms with Gasteiger partial charge in [0.15, 0.2) is 0 Å². The lowest BCUT2D eigenvalue weighted by molar-refractivity contribution is 0.666. The summed E-state index contributed by atoms with van der Waals surface area (Å²) >= 11 is 1.86. The average molecular weight is 589 g/mol. The molecule has 0 radical (unpaired) electrons. The van der Waals surface area contributed by atoms with E-state index in [1.54, 1.807) is 0 Å². The van der Waals surface area contributed by atoms with Gasteiger partial charge in [-0.25, -0.2) is 0 Å². The van der Waals surface area contributed by atoms with Gasteiger partial charge in [0.25, 0.3) is 0 Å². The van der Waals surface area contributed by atoms with Gasteiger partial charge in [-0.15, -0.1) is 11.3 Å². The molecule has 0 aliphatic heterocycles. The first-order valence-electron chi connectivity index (χ1n) is 15.5. The Hall–Kier alpha value is -5.44. The van der Waals surface area contributed by atoms with Crippen LogP contribution in [-0.4, -0.2) is 0 Å². The van der Waals surface area contributed by atoms with E-state index in [0.29, 0.717) is 0 Å². The second-order valence-electron chi connectivity index (χ2n) is 12.4. The topological polar surface area (TPSA) is 13.1 Å². The summed E-state index contributed by atoms with van der Waals surface area (Å²) in [5.41, 5.74) is 14.5. The summed E-state index contributed by atoms with van der Waals surface area (Å²) < 4.78 is 9.41. The third-order valence-corrected chi connectivity index (χ3v) is 11.5. The minimum atomic E-state index is -0.375. The highest BCUT2D eigenvalue weighted by Crippen LogP contribution is 2.63. The third-order valence-electron chi connectivity index (χ3n) is 10.3. The normalized spacial score (nSPS) is 14.0. The zero-order valence-electron chi connectivity index (χ0n) is 24.2. The standard InChI is InChI=1S/C43H24OS/c1-5-15-34-27(10-1)28-11-2-6-16-35(28)43(34)36-17-7-3-12-29(36)31-23-33-39(24-37(31)43)44-38-18-9-14-26(42(33)38)25-20-21-41-32(22-25)30-13-4-8-19-40(30)45-41/h1-24H. The Morgan fingerprint density at radius 2 is 1.02 bits per heavy atom. The van der Waals surface area contributed by atoms with Gasteiger partial charge in [0.1, 0.15) is 11.2 Å². The molecule has 0 saturated heterocycles. The molecule has 0 amide bonds. The van der Waals surface area contributed by atoms with Crippen molar-refractivity contribution in [3.05, 3.63) is 168 Å². The van der Waals surface area contributed by atoms with Gasteiger partial charge in [-0.2, -0.15) is 0 Å². The number of rotatable bonds is 1. The highest BCUT2D eigenvalue weighted by molar-refractivity contribution is 7.25. The Balaban J connectivity index is 1.22. The van der Waals surface area contributed by atoms with Gasteiger partial charge >= 0.3 is 0 Å². The van der Waals surface area contributed by atoms with Crippen LogP contribution >= 0.6 is 11.3 Å². The summed E-state index contributed by atoms with van der Waals surface area (Å²) in [6.07, 6.45) is 0. The molecule has 7 aromatic carbocycles. The SMILES string of the molecule is c1ccc2c(c1)-c1ccccc1C21c2ccccc2-c2cc3c(cc21)oc1cccc(-c2ccc4sc5ccccc5c4c2)c13. The molecule has 2 aliphatic rings. The second kappa shape index (κ2) is 8.38. The molecular weight excluding hydrogens is 565 g/mol. The van der Waals surface area contributed by atoms with Crippen molar-refractivity contribution < 1.29 is 4.42 Å². The lowest BCUT2D eigenvalue weighted by atomic mass is 9.70. The average Bonchev–Trinajstić information content (AvgIpc) is 3.82. The second-order valence-corrected chi connectivity index (χ2v) is 13.5. The van der Waals surface area contributed by atoms with Crippen LogP contribution < -0.4 is 0 Å². The van der Waals surface area contributed by atoms with Crippen molar-refractivity contribution in [1.29, 1.82) is 0 Å². The molecule has 2 heterocycles. The zero-order chi connectivity index (χ0) is 29.3. The fraction of sp³-hybridized carbons (Fsp3) is 0.0233. The van der Waals surface area contributed by atoms with E-state index in [1.807, 2.05) is 11.3 Å². The molecule has 2 aliphatic carbocycles. The molecule has 45 heavy (non-hydrogen) atoms. The summed E-state index contributed by atoms with van der Waals surface area (Å²) in [4.78, 5) is 0. The molecule has 2 aromatic heterocycles. The number of hydrogen-bond acceptors (Lipinski definition) is 2. The van der Waals surface area contributed by atoms with Crippen LogP contribution in [0.15, 0.2) is 150 Å². The van der Waals surface area contributed by atoms with Crippen molar-refractivity contribution in [3.63, 3.8) is 0 Å². The van der Waals surface area contributed by atoms with Crippen molar-refractivity contribution in [2.24, 2.45) is 0 Å². The van der Waals surface area contributed by atoms with Crippen molar-refractivity contribution in [2.75, 3.05) is 0 Å². The van der Waals surface area contributed by atoms with Crippen LogP contribution in [-0.2, 0) is 5.41 Å². The van der Waals surface area contributed by atoms with E-state index in [4.69, 9.17) is 4.42 Å². The summed E-state index contributed by atoms with van der Waals surface area (Å²) in [5, 5.41) is 4.98. The molecule has 11 rings (SSSR count).